The highest BCUT2D eigenvalue weighted by atomic mass is 32.1. The number of nitro groups is 2. The summed E-state index contributed by atoms with van der Waals surface area (Å²) in [6.07, 6.45) is 1.01. The summed E-state index contributed by atoms with van der Waals surface area (Å²) in [5.41, 5.74) is 6.89. The maximum atomic E-state index is 10.9. The van der Waals surface area contributed by atoms with Crippen LogP contribution in [0.25, 0.3) is 0 Å². The minimum Gasteiger partial charge on any atom is -0.383 e. The summed E-state index contributed by atoms with van der Waals surface area (Å²) >= 11 is 1.18. The van der Waals surface area contributed by atoms with Gasteiger partial charge in [-0.15, -0.1) is 11.3 Å². The van der Waals surface area contributed by atoms with Gasteiger partial charge in [-0.2, -0.15) is 5.10 Å². The van der Waals surface area contributed by atoms with Crippen molar-refractivity contribution in [2.75, 3.05) is 11.2 Å². The third kappa shape index (κ3) is 3.27. The zero-order chi connectivity index (χ0) is 15.4. The number of nitrogen functional groups attached to an aromatic ring is 1. The van der Waals surface area contributed by atoms with Gasteiger partial charge in [-0.25, -0.2) is 4.98 Å². The van der Waals surface area contributed by atoms with Crippen LogP contribution in [0, 0.1) is 20.2 Å². The number of aromatic nitrogens is 1. The molecule has 0 aliphatic heterocycles. The number of nitrogens with one attached hydrogen (secondary N) is 1. The number of benzene rings is 1. The van der Waals surface area contributed by atoms with Crippen molar-refractivity contribution in [2.24, 2.45) is 5.10 Å². The molecule has 1 aromatic carbocycles. The second-order valence-electron chi connectivity index (χ2n) is 3.67. The van der Waals surface area contributed by atoms with Crippen LogP contribution in [0.15, 0.2) is 28.7 Å². The fourth-order valence-corrected chi connectivity index (χ4v) is 2.03. The molecular weight excluding hydrogens is 300 g/mol. The number of nitro benzene ring substituents is 2. The molecule has 21 heavy (non-hydrogen) atoms. The van der Waals surface area contributed by atoms with Crippen LogP contribution >= 0.6 is 11.3 Å². The number of nitrogens with zero attached hydrogens (tertiary/aromatic N) is 4. The van der Waals surface area contributed by atoms with Gasteiger partial charge in [-0.05, 0) is 6.07 Å². The molecule has 3 N–H and O–H groups in total. The van der Waals surface area contributed by atoms with Gasteiger partial charge in [0.1, 0.15) is 11.4 Å². The molecule has 0 amide bonds. The fourth-order valence-electron chi connectivity index (χ4n) is 1.48. The highest BCUT2D eigenvalue weighted by molar-refractivity contribution is 7.14. The first-order valence-corrected chi connectivity index (χ1v) is 6.29. The largest absolute Gasteiger partial charge is 0.383 e. The molecule has 0 spiro atoms. The number of thiazole rings is 1. The number of hydrogen-bond donors (Lipinski definition) is 2. The maximum absolute atomic E-state index is 10.9. The van der Waals surface area contributed by atoms with Gasteiger partial charge >= 0.3 is 0 Å². The van der Waals surface area contributed by atoms with Gasteiger partial charge in [-0.1, -0.05) is 0 Å². The van der Waals surface area contributed by atoms with E-state index >= 15 is 0 Å². The molecule has 0 saturated heterocycles. The first-order chi connectivity index (χ1) is 9.99. The molecule has 2 rings (SSSR count). The van der Waals surface area contributed by atoms with Crippen molar-refractivity contribution in [3.8, 4) is 0 Å². The minimum atomic E-state index is -0.713. The van der Waals surface area contributed by atoms with Gasteiger partial charge in [0.25, 0.3) is 11.4 Å². The third-order valence-corrected chi connectivity index (χ3v) is 3.09. The van der Waals surface area contributed by atoms with E-state index in [-0.39, 0.29) is 5.56 Å². The van der Waals surface area contributed by atoms with Crippen LogP contribution in [-0.4, -0.2) is 21.0 Å². The van der Waals surface area contributed by atoms with Crippen molar-refractivity contribution in [3.05, 3.63) is 49.4 Å². The van der Waals surface area contributed by atoms with Crippen LogP contribution in [-0.2, 0) is 0 Å². The Bertz CT molecular complexity index is 696. The normalized spacial score (nSPS) is 10.7. The van der Waals surface area contributed by atoms with Crippen molar-refractivity contribution >= 4 is 39.9 Å². The number of rotatable bonds is 5. The topological polar surface area (TPSA) is 150 Å². The molecule has 108 valence electrons. The molecule has 10 nitrogen and oxygen atoms in total. The Kier molecular flexibility index (Phi) is 4.04. The molecule has 0 bridgehead atoms. The van der Waals surface area contributed by atoms with Crippen molar-refractivity contribution in [3.63, 3.8) is 0 Å². The van der Waals surface area contributed by atoms with E-state index in [4.69, 9.17) is 5.73 Å². The van der Waals surface area contributed by atoms with E-state index in [0.29, 0.717) is 10.9 Å². The second kappa shape index (κ2) is 5.92. The Morgan fingerprint density at radius 2 is 1.90 bits per heavy atom. The van der Waals surface area contributed by atoms with Gasteiger partial charge in [0.05, 0.1) is 16.1 Å². The van der Waals surface area contributed by atoms with Crippen LogP contribution in [0.1, 0.15) is 5.56 Å². The van der Waals surface area contributed by atoms with Crippen molar-refractivity contribution < 1.29 is 9.85 Å². The molecular formula is C10H8N6O4S. The van der Waals surface area contributed by atoms with E-state index in [1.807, 2.05) is 0 Å². The monoisotopic (exact) mass is 308 g/mol. The van der Waals surface area contributed by atoms with E-state index in [0.717, 1.165) is 18.3 Å². The third-order valence-electron chi connectivity index (χ3n) is 2.33. The van der Waals surface area contributed by atoms with Crippen LogP contribution in [0.4, 0.5) is 22.3 Å². The van der Waals surface area contributed by atoms with Crippen LogP contribution in [0.2, 0.25) is 0 Å². The van der Waals surface area contributed by atoms with E-state index in [9.17, 15) is 20.2 Å². The quantitative estimate of drug-likeness (QED) is 0.487. The average Bonchev–Trinajstić information content (AvgIpc) is 2.84. The standard InChI is InChI=1S/C10H8N6O4S/c11-9-5-21-10(13-9)14-12-4-6-7(15(17)18)2-1-3-8(6)16(19)20/h1-5H,11H2,(H,13,14). The molecule has 0 saturated carbocycles. The first kappa shape index (κ1) is 14.3. The van der Waals surface area contributed by atoms with Gasteiger partial charge in [-0.3, -0.25) is 25.7 Å². The lowest BCUT2D eigenvalue weighted by molar-refractivity contribution is -0.394. The molecule has 0 aliphatic carbocycles. The molecule has 2 aromatic rings. The SMILES string of the molecule is Nc1csc(NN=Cc2c([N+](=O)[O-])cccc2[N+](=O)[O-])n1. The summed E-state index contributed by atoms with van der Waals surface area (Å²) in [4.78, 5) is 24.2. The van der Waals surface area contributed by atoms with Gasteiger partial charge in [0, 0.05) is 17.5 Å². The van der Waals surface area contributed by atoms with E-state index in [2.05, 4.69) is 15.5 Å². The number of hydrazone groups is 1. The summed E-state index contributed by atoms with van der Waals surface area (Å²) in [6.45, 7) is 0. The second-order valence-corrected chi connectivity index (χ2v) is 4.53. The fraction of sp³-hybridized carbons (Fsp3) is 0. The summed E-state index contributed by atoms with van der Waals surface area (Å²) in [6, 6.07) is 3.56. The van der Waals surface area contributed by atoms with Crippen LogP contribution < -0.4 is 11.2 Å². The number of anilines is 2. The van der Waals surface area contributed by atoms with Gasteiger partial charge < -0.3 is 5.73 Å². The summed E-state index contributed by atoms with van der Waals surface area (Å²) in [5, 5.41) is 27.5. The molecule has 0 aliphatic rings. The van der Waals surface area contributed by atoms with Gasteiger partial charge in [0.15, 0.2) is 0 Å². The van der Waals surface area contributed by atoms with Crippen molar-refractivity contribution in [1.29, 1.82) is 0 Å². The summed E-state index contributed by atoms with van der Waals surface area (Å²) in [7, 11) is 0. The Morgan fingerprint density at radius 1 is 1.29 bits per heavy atom. The Labute approximate surface area is 121 Å². The smallest absolute Gasteiger partial charge is 0.285 e. The summed E-state index contributed by atoms with van der Waals surface area (Å²) < 4.78 is 0. The van der Waals surface area contributed by atoms with Crippen molar-refractivity contribution in [2.45, 2.75) is 0 Å². The molecule has 11 heteroatoms. The number of nitrogens with two attached hydrogens (primary N) is 1. The zero-order valence-corrected chi connectivity index (χ0v) is 11.1. The molecule has 0 atom stereocenters. The van der Waals surface area contributed by atoms with E-state index in [1.54, 1.807) is 5.38 Å². The average molecular weight is 308 g/mol. The Balaban J connectivity index is 2.32. The molecule has 0 unspecified atom stereocenters. The van der Waals surface area contributed by atoms with E-state index < -0.39 is 21.2 Å². The minimum absolute atomic E-state index is 0.204. The zero-order valence-electron chi connectivity index (χ0n) is 10.3. The molecule has 1 heterocycles. The first-order valence-electron chi connectivity index (χ1n) is 5.41. The predicted octanol–water partition coefficient (Wildman–Crippen LogP) is 1.99. The predicted molar refractivity (Wildman–Crippen MR) is 77.5 cm³/mol. The van der Waals surface area contributed by atoms with E-state index in [1.165, 1.54) is 17.4 Å². The van der Waals surface area contributed by atoms with Crippen LogP contribution in [0.5, 0.6) is 0 Å². The molecule has 0 fully saturated rings. The molecule has 0 radical (unpaired) electrons. The summed E-state index contributed by atoms with van der Waals surface area (Å²) in [5.74, 6) is 0.300. The maximum Gasteiger partial charge on any atom is 0.285 e. The lowest BCUT2D eigenvalue weighted by Crippen LogP contribution is -2.01. The highest BCUT2D eigenvalue weighted by Gasteiger charge is 2.22. The Hall–Kier alpha value is -3.08. The lowest BCUT2D eigenvalue weighted by Gasteiger charge is -1.99. The Morgan fingerprint density at radius 3 is 2.38 bits per heavy atom. The molecule has 1 aromatic heterocycles. The lowest BCUT2D eigenvalue weighted by atomic mass is 10.1. The number of hydrogen-bond acceptors (Lipinski definition) is 9. The van der Waals surface area contributed by atoms with Crippen molar-refractivity contribution in [1.82, 2.24) is 4.98 Å². The highest BCUT2D eigenvalue weighted by Crippen LogP contribution is 2.26. The van der Waals surface area contributed by atoms with Crippen LogP contribution in [0.3, 0.4) is 0 Å². The van der Waals surface area contributed by atoms with Gasteiger partial charge in [0.2, 0.25) is 5.13 Å².